The minimum atomic E-state index is -0.130. The summed E-state index contributed by atoms with van der Waals surface area (Å²) >= 11 is 0. The first-order valence-corrected chi connectivity index (χ1v) is 6.01. The van der Waals surface area contributed by atoms with Crippen molar-refractivity contribution in [2.24, 2.45) is 7.05 Å². The average Bonchev–Trinajstić information content (AvgIpc) is 2.74. The molecule has 0 saturated heterocycles. The number of carbonyl (C=O) groups is 1. The van der Waals surface area contributed by atoms with Crippen LogP contribution in [0, 0.1) is 6.92 Å². The molecule has 0 bridgehead atoms. The second kappa shape index (κ2) is 5.51. The monoisotopic (exact) mass is 259 g/mol. The van der Waals surface area contributed by atoms with Crippen LogP contribution in [0.15, 0.2) is 24.7 Å². The van der Waals surface area contributed by atoms with Crippen LogP contribution >= 0.6 is 0 Å². The van der Waals surface area contributed by atoms with Crippen molar-refractivity contribution in [2.45, 2.75) is 13.5 Å². The van der Waals surface area contributed by atoms with Crippen molar-refractivity contribution in [2.75, 3.05) is 12.4 Å². The molecule has 6 heteroatoms. The van der Waals surface area contributed by atoms with Crippen molar-refractivity contribution in [1.82, 2.24) is 20.1 Å². The predicted octanol–water partition coefficient (Wildman–Crippen LogP) is 1.10. The van der Waals surface area contributed by atoms with Crippen molar-refractivity contribution in [1.29, 1.82) is 0 Å². The Balaban J connectivity index is 2.07. The van der Waals surface area contributed by atoms with Crippen molar-refractivity contribution in [3.63, 3.8) is 0 Å². The number of aryl methyl sites for hydroxylation is 2. The first kappa shape index (κ1) is 13.1. The normalized spacial score (nSPS) is 10.3. The van der Waals surface area contributed by atoms with Crippen LogP contribution in [0.25, 0.3) is 0 Å². The van der Waals surface area contributed by atoms with Gasteiger partial charge in [-0.2, -0.15) is 5.10 Å². The molecule has 19 heavy (non-hydrogen) atoms. The molecule has 0 unspecified atom stereocenters. The van der Waals surface area contributed by atoms with Gasteiger partial charge in [0.2, 0.25) is 0 Å². The first-order valence-electron chi connectivity index (χ1n) is 6.01. The fraction of sp³-hybridized carbons (Fsp3) is 0.308. The van der Waals surface area contributed by atoms with Crippen LogP contribution in [0.1, 0.15) is 21.6 Å². The van der Waals surface area contributed by atoms with E-state index in [1.165, 1.54) is 0 Å². The maximum atomic E-state index is 12.1. The third-order valence-corrected chi connectivity index (χ3v) is 2.89. The molecule has 0 saturated carbocycles. The summed E-state index contributed by atoms with van der Waals surface area (Å²) in [5, 5.41) is 10.1. The van der Waals surface area contributed by atoms with Crippen LogP contribution < -0.4 is 10.6 Å². The second-order valence-corrected chi connectivity index (χ2v) is 4.27. The highest BCUT2D eigenvalue weighted by molar-refractivity contribution is 5.99. The minimum absolute atomic E-state index is 0.130. The third kappa shape index (κ3) is 2.90. The van der Waals surface area contributed by atoms with Gasteiger partial charge in [0.1, 0.15) is 0 Å². The van der Waals surface area contributed by atoms with Crippen LogP contribution in [0.2, 0.25) is 0 Å². The number of carbonyl (C=O) groups excluding carboxylic acids is 1. The Kier molecular flexibility index (Phi) is 3.79. The van der Waals surface area contributed by atoms with E-state index in [0.29, 0.717) is 17.8 Å². The third-order valence-electron chi connectivity index (χ3n) is 2.89. The molecular weight excluding hydrogens is 242 g/mol. The summed E-state index contributed by atoms with van der Waals surface area (Å²) in [6.07, 6.45) is 5.14. The molecule has 0 aromatic carbocycles. The number of anilines is 1. The minimum Gasteiger partial charge on any atom is -0.386 e. The van der Waals surface area contributed by atoms with Crippen LogP contribution in [-0.2, 0) is 13.6 Å². The Labute approximate surface area is 111 Å². The summed E-state index contributed by atoms with van der Waals surface area (Å²) in [5.41, 5.74) is 3.23. The molecule has 0 aliphatic heterocycles. The van der Waals surface area contributed by atoms with Gasteiger partial charge >= 0.3 is 0 Å². The summed E-state index contributed by atoms with van der Waals surface area (Å²) in [4.78, 5) is 16.1. The Morgan fingerprint density at radius 2 is 2.26 bits per heavy atom. The average molecular weight is 259 g/mol. The van der Waals surface area contributed by atoms with Crippen molar-refractivity contribution < 1.29 is 4.79 Å². The molecule has 2 N–H and O–H groups in total. The quantitative estimate of drug-likeness (QED) is 0.862. The highest BCUT2D eigenvalue weighted by atomic mass is 16.1. The molecule has 0 atom stereocenters. The summed E-state index contributed by atoms with van der Waals surface area (Å²) in [6.45, 7) is 2.39. The standard InChI is InChI=1S/C13H17N5O/c1-9-10(8-18(3)17-9)6-16-13(19)11-4-5-15-7-12(11)14-2/h4-5,7-8,14H,6H2,1-3H3,(H,16,19). The molecule has 1 amide bonds. The first-order chi connectivity index (χ1) is 9.11. The number of hydrogen-bond acceptors (Lipinski definition) is 4. The van der Waals surface area contributed by atoms with E-state index in [9.17, 15) is 4.79 Å². The zero-order valence-electron chi connectivity index (χ0n) is 11.3. The number of amides is 1. The van der Waals surface area contributed by atoms with Gasteiger partial charge in [-0.1, -0.05) is 0 Å². The zero-order chi connectivity index (χ0) is 13.8. The lowest BCUT2D eigenvalue weighted by Gasteiger charge is -2.08. The highest BCUT2D eigenvalue weighted by Gasteiger charge is 2.11. The van der Waals surface area contributed by atoms with Crippen LogP contribution in [-0.4, -0.2) is 27.7 Å². The van der Waals surface area contributed by atoms with E-state index < -0.39 is 0 Å². The number of nitrogens with one attached hydrogen (secondary N) is 2. The molecule has 2 rings (SSSR count). The summed E-state index contributed by atoms with van der Waals surface area (Å²) in [7, 11) is 3.62. The van der Waals surface area contributed by atoms with Gasteiger partial charge in [-0.05, 0) is 13.0 Å². The van der Waals surface area contributed by atoms with E-state index >= 15 is 0 Å². The zero-order valence-corrected chi connectivity index (χ0v) is 11.3. The molecule has 2 aromatic rings. The Bertz CT molecular complexity index is 590. The van der Waals surface area contributed by atoms with Crippen LogP contribution in [0.5, 0.6) is 0 Å². The molecule has 0 spiro atoms. The fourth-order valence-electron chi connectivity index (χ4n) is 1.88. The SMILES string of the molecule is CNc1cnccc1C(=O)NCc1cn(C)nc1C. The number of nitrogens with zero attached hydrogens (tertiary/aromatic N) is 3. The van der Waals surface area contributed by atoms with Crippen molar-refractivity contribution in [3.8, 4) is 0 Å². The van der Waals surface area contributed by atoms with E-state index in [0.717, 1.165) is 11.3 Å². The Hall–Kier alpha value is -2.37. The van der Waals surface area contributed by atoms with Crippen LogP contribution in [0.4, 0.5) is 5.69 Å². The van der Waals surface area contributed by atoms with Gasteiger partial charge < -0.3 is 10.6 Å². The summed E-state index contributed by atoms with van der Waals surface area (Å²) < 4.78 is 1.74. The number of hydrogen-bond donors (Lipinski definition) is 2. The van der Waals surface area contributed by atoms with E-state index in [1.807, 2.05) is 20.2 Å². The largest absolute Gasteiger partial charge is 0.386 e. The highest BCUT2D eigenvalue weighted by Crippen LogP contribution is 2.12. The van der Waals surface area contributed by atoms with Gasteiger partial charge in [-0.3, -0.25) is 14.5 Å². The van der Waals surface area contributed by atoms with E-state index in [1.54, 1.807) is 30.2 Å². The van der Waals surface area contributed by atoms with E-state index in [-0.39, 0.29) is 5.91 Å². The van der Waals surface area contributed by atoms with Gasteiger partial charge in [0, 0.05) is 38.6 Å². The van der Waals surface area contributed by atoms with Gasteiger partial charge in [0.25, 0.3) is 5.91 Å². The molecule has 0 radical (unpaired) electrons. The molecule has 0 fully saturated rings. The number of rotatable bonds is 4. The molecule has 0 aliphatic rings. The maximum Gasteiger partial charge on any atom is 0.253 e. The van der Waals surface area contributed by atoms with Gasteiger partial charge in [-0.25, -0.2) is 0 Å². The van der Waals surface area contributed by atoms with Gasteiger partial charge in [0.15, 0.2) is 0 Å². The Morgan fingerprint density at radius 1 is 1.47 bits per heavy atom. The lowest BCUT2D eigenvalue weighted by atomic mass is 10.2. The fourth-order valence-corrected chi connectivity index (χ4v) is 1.88. The molecule has 2 aromatic heterocycles. The number of pyridine rings is 1. The molecule has 100 valence electrons. The van der Waals surface area contributed by atoms with E-state index in [4.69, 9.17) is 0 Å². The van der Waals surface area contributed by atoms with Gasteiger partial charge in [0.05, 0.1) is 23.1 Å². The van der Waals surface area contributed by atoms with Crippen LogP contribution in [0.3, 0.4) is 0 Å². The molecule has 2 heterocycles. The molecular formula is C13H17N5O. The maximum absolute atomic E-state index is 12.1. The van der Waals surface area contributed by atoms with Crippen molar-refractivity contribution in [3.05, 3.63) is 41.5 Å². The Morgan fingerprint density at radius 3 is 2.89 bits per heavy atom. The lowest BCUT2D eigenvalue weighted by molar-refractivity contribution is 0.0951. The summed E-state index contributed by atoms with van der Waals surface area (Å²) in [6, 6.07) is 1.69. The molecule has 0 aliphatic carbocycles. The lowest BCUT2D eigenvalue weighted by Crippen LogP contribution is -2.24. The van der Waals surface area contributed by atoms with E-state index in [2.05, 4.69) is 20.7 Å². The van der Waals surface area contributed by atoms with Gasteiger partial charge in [-0.15, -0.1) is 0 Å². The van der Waals surface area contributed by atoms with Crippen molar-refractivity contribution >= 4 is 11.6 Å². The number of aromatic nitrogens is 3. The second-order valence-electron chi connectivity index (χ2n) is 4.27. The summed E-state index contributed by atoms with van der Waals surface area (Å²) in [5.74, 6) is -0.130. The topological polar surface area (TPSA) is 71.8 Å². The predicted molar refractivity (Wildman–Crippen MR) is 72.9 cm³/mol. The molecule has 6 nitrogen and oxygen atoms in total. The smallest absolute Gasteiger partial charge is 0.253 e.